The summed E-state index contributed by atoms with van der Waals surface area (Å²) in [4.78, 5) is 0. The molecule has 0 aromatic heterocycles. The van der Waals surface area contributed by atoms with Crippen LogP contribution in [0.4, 0.5) is 0 Å². The standard InChI is InChI=1S/C17H16O7/c1-22-13-5-9(18)6-14-10(13)7-12(20)17(24-14)8-3-11(19)16(21)15(4-8)23-2/h3-7,17-21H,1-2H3/p+1. The van der Waals surface area contributed by atoms with Gasteiger partial charge >= 0.3 is 0 Å². The number of methoxy groups -OCH3 is 1. The van der Waals surface area contributed by atoms with Crippen molar-refractivity contribution < 1.29 is 34.6 Å². The van der Waals surface area contributed by atoms with Crippen LogP contribution < -0.4 is 9.47 Å². The Labute approximate surface area is 137 Å². The second-order valence-corrected chi connectivity index (χ2v) is 5.26. The van der Waals surface area contributed by atoms with E-state index in [1.54, 1.807) is 7.11 Å². The van der Waals surface area contributed by atoms with Crippen molar-refractivity contribution in [3.63, 3.8) is 0 Å². The monoisotopic (exact) mass is 333 g/mol. The Morgan fingerprint density at radius 3 is 2.50 bits per heavy atom. The van der Waals surface area contributed by atoms with Gasteiger partial charge in [0, 0.05) is 17.7 Å². The number of fused-ring (bicyclic) bond motifs is 1. The van der Waals surface area contributed by atoms with Crippen molar-refractivity contribution in [1.29, 1.82) is 0 Å². The molecule has 1 heterocycles. The van der Waals surface area contributed by atoms with Crippen LogP contribution in [-0.2, 0) is 0 Å². The molecule has 0 saturated heterocycles. The molecule has 1 aliphatic rings. The highest BCUT2D eigenvalue weighted by atomic mass is 16.5. The van der Waals surface area contributed by atoms with Crippen molar-refractivity contribution in [2.45, 2.75) is 6.10 Å². The normalized spacial score (nSPS) is 15.9. The van der Waals surface area contributed by atoms with Gasteiger partial charge in [-0.05, 0) is 12.1 Å². The van der Waals surface area contributed by atoms with Crippen LogP contribution in [0.3, 0.4) is 0 Å². The predicted molar refractivity (Wildman–Crippen MR) is 86.0 cm³/mol. The van der Waals surface area contributed by atoms with E-state index in [4.69, 9.17) is 9.47 Å². The van der Waals surface area contributed by atoms with Gasteiger partial charge in [-0.25, -0.2) is 0 Å². The van der Waals surface area contributed by atoms with Crippen LogP contribution in [-0.4, -0.2) is 39.4 Å². The lowest BCUT2D eigenvalue weighted by molar-refractivity contribution is 0.129. The molecule has 24 heavy (non-hydrogen) atoms. The van der Waals surface area contributed by atoms with Gasteiger partial charge in [0.25, 0.3) is 5.75 Å². The fourth-order valence-corrected chi connectivity index (χ4v) is 2.60. The van der Waals surface area contributed by atoms with Crippen LogP contribution in [0.2, 0.25) is 0 Å². The zero-order valence-corrected chi connectivity index (χ0v) is 13.0. The van der Waals surface area contributed by atoms with E-state index in [9.17, 15) is 20.4 Å². The van der Waals surface area contributed by atoms with Crippen LogP contribution in [0.25, 0.3) is 6.08 Å². The lowest BCUT2D eigenvalue weighted by Gasteiger charge is -2.25. The number of aliphatic hydroxyl groups excluding tert-OH is 1. The number of phenolic OH excluding ortho intramolecular Hbond substituents is 3. The van der Waals surface area contributed by atoms with Crippen LogP contribution in [0, 0.1) is 0 Å². The number of rotatable bonds is 3. The fourth-order valence-electron chi connectivity index (χ4n) is 2.60. The molecular formula is C17H17O7+. The Hall–Kier alpha value is -3.22. The van der Waals surface area contributed by atoms with Gasteiger partial charge in [0.2, 0.25) is 5.75 Å². The third kappa shape index (κ3) is 2.50. The molecular weight excluding hydrogens is 316 g/mol. The first-order valence-electron chi connectivity index (χ1n) is 7.08. The highest BCUT2D eigenvalue weighted by molar-refractivity contribution is 5.70. The van der Waals surface area contributed by atoms with E-state index in [0.29, 0.717) is 22.6 Å². The highest BCUT2D eigenvalue weighted by Crippen LogP contribution is 2.45. The molecule has 1 atom stereocenters. The maximum atomic E-state index is 10.3. The predicted octanol–water partition coefficient (Wildman–Crippen LogP) is 2.72. The molecule has 1 aliphatic heterocycles. The van der Waals surface area contributed by atoms with E-state index >= 15 is 0 Å². The average molecular weight is 333 g/mol. The molecule has 2 aromatic carbocycles. The zero-order chi connectivity index (χ0) is 17.4. The smallest absolute Gasteiger partial charge is 0.269 e. The van der Waals surface area contributed by atoms with E-state index in [1.165, 1.54) is 37.5 Å². The first-order valence-corrected chi connectivity index (χ1v) is 7.08. The molecule has 2 aromatic rings. The highest BCUT2D eigenvalue weighted by Gasteiger charge is 2.29. The molecule has 126 valence electrons. The Bertz CT molecular complexity index is 826. The third-order valence-corrected chi connectivity index (χ3v) is 3.75. The van der Waals surface area contributed by atoms with Gasteiger partial charge < -0.3 is 34.6 Å². The SMILES string of the molecule is COc1cc(C2Oc3cc(O)cc([OH+]C)c3C=C2O)cc(O)c1O. The van der Waals surface area contributed by atoms with Crippen LogP contribution in [0.1, 0.15) is 17.2 Å². The second-order valence-electron chi connectivity index (χ2n) is 5.26. The number of hydrogen-bond acceptors (Lipinski definition) is 6. The maximum Gasteiger partial charge on any atom is 0.269 e. The number of aliphatic hydroxyl groups is 2. The topological polar surface area (TPSA) is 112 Å². The molecule has 0 amide bonds. The summed E-state index contributed by atoms with van der Waals surface area (Å²) < 4.78 is 14.8. The first-order chi connectivity index (χ1) is 11.4. The van der Waals surface area contributed by atoms with Crippen LogP contribution in [0.5, 0.6) is 34.5 Å². The lowest BCUT2D eigenvalue weighted by Crippen LogP contribution is -2.15. The number of ether oxygens (including phenoxy) is 3. The van der Waals surface area contributed by atoms with Crippen molar-refractivity contribution in [1.82, 2.24) is 0 Å². The van der Waals surface area contributed by atoms with E-state index in [0.717, 1.165) is 0 Å². The summed E-state index contributed by atoms with van der Waals surface area (Å²) in [5, 5.41) is 39.6. The molecule has 0 fully saturated rings. The quantitative estimate of drug-likeness (QED) is 0.507. The second kappa shape index (κ2) is 5.77. The van der Waals surface area contributed by atoms with Crippen molar-refractivity contribution in [2.24, 2.45) is 0 Å². The summed E-state index contributed by atoms with van der Waals surface area (Å²) in [5.74, 6) is -0.0602. The van der Waals surface area contributed by atoms with E-state index in [1.807, 2.05) is 0 Å². The van der Waals surface area contributed by atoms with Crippen molar-refractivity contribution in [3.05, 3.63) is 41.2 Å². The molecule has 0 spiro atoms. The summed E-state index contributed by atoms with van der Waals surface area (Å²) in [6, 6.07) is 5.59. The molecule has 0 bridgehead atoms. The number of aromatic hydroxyl groups is 4. The van der Waals surface area contributed by atoms with Gasteiger partial charge in [-0.15, -0.1) is 0 Å². The van der Waals surface area contributed by atoms with Crippen molar-refractivity contribution in [2.75, 3.05) is 14.2 Å². The van der Waals surface area contributed by atoms with Gasteiger partial charge in [-0.1, -0.05) is 0 Å². The summed E-state index contributed by atoms with van der Waals surface area (Å²) in [7, 11) is 2.91. The van der Waals surface area contributed by atoms with Gasteiger partial charge in [-0.3, -0.25) is 0 Å². The summed E-state index contributed by atoms with van der Waals surface area (Å²) in [6.45, 7) is 0. The van der Waals surface area contributed by atoms with Crippen molar-refractivity contribution in [3.8, 4) is 34.5 Å². The molecule has 0 radical (unpaired) electrons. The van der Waals surface area contributed by atoms with Gasteiger partial charge in [0.1, 0.15) is 22.8 Å². The van der Waals surface area contributed by atoms with Gasteiger partial charge in [-0.2, -0.15) is 0 Å². The van der Waals surface area contributed by atoms with Crippen LogP contribution in [0.15, 0.2) is 30.0 Å². The van der Waals surface area contributed by atoms with Crippen LogP contribution >= 0.6 is 0 Å². The minimum atomic E-state index is -0.926. The van der Waals surface area contributed by atoms with E-state index in [-0.39, 0.29) is 17.3 Å². The van der Waals surface area contributed by atoms with Gasteiger partial charge in [0.05, 0.1) is 13.2 Å². The van der Waals surface area contributed by atoms with Gasteiger partial charge in [0.15, 0.2) is 24.7 Å². The molecule has 7 heteroatoms. The Morgan fingerprint density at radius 1 is 1.08 bits per heavy atom. The Morgan fingerprint density at radius 2 is 1.83 bits per heavy atom. The maximum absolute atomic E-state index is 10.3. The number of phenols is 3. The average Bonchev–Trinajstić information content (AvgIpc) is 2.56. The molecule has 7 nitrogen and oxygen atoms in total. The Kier molecular flexibility index (Phi) is 3.76. The molecule has 3 rings (SSSR count). The molecule has 1 unspecified atom stereocenters. The summed E-state index contributed by atoms with van der Waals surface area (Å²) in [5.41, 5.74) is 0.916. The largest absolute Gasteiger partial charge is 0.584 e. The van der Waals surface area contributed by atoms with Crippen molar-refractivity contribution >= 4 is 6.08 Å². The Balaban J connectivity index is 2.08. The summed E-state index contributed by atoms with van der Waals surface area (Å²) in [6.07, 6.45) is 0.561. The third-order valence-electron chi connectivity index (χ3n) is 3.75. The lowest BCUT2D eigenvalue weighted by atomic mass is 10.0. The van der Waals surface area contributed by atoms with E-state index < -0.39 is 17.6 Å². The number of benzene rings is 2. The molecule has 5 N–H and O–H groups in total. The fraction of sp³-hybridized carbons (Fsp3) is 0.176. The summed E-state index contributed by atoms with van der Waals surface area (Å²) >= 11 is 0. The number of hydrogen-bond donors (Lipinski definition) is 4. The molecule has 0 saturated carbocycles. The van der Waals surface area contributed by atoms with E-state index in [2.05, 4.69) is 4.74 Å². The minimum absolute atomic E-state index is 0.0194. The minimum Gasteiger partial charge on any atom is -0.584 e. The molecule has 0 aliphatic carbocycles. The zero-order valence-electron chi connectivity index (χ0n) is 13.0. The first kappa shape index (κ1) is 15.7.